The minimum absolute atomic E-state index is 0.0639. The molecule has 1 aromatic rings. The summed E-state index contributed by atoms with van der Waals surface area (Å²) in [5.41, 5.74) is 0.688. The van der Waals surface area contributed by atoms with Gasteiger partial charge in [0.05, 0.1) is 4.92 Å². The number of non-ortho nitro benzene ring substituents is 1. The Bertz CT molecular complexity index is 585. The highest BCUT2D eigenvalue weighted by Crippen LogP contribution is 2.25. The van der Waals surface area contributed by atoms with E-state index in [0.717, 1.165) is 11.1 Å². The van der Waals surface area contributed by atoms with Crippen molar-refractivity contribution >= 4 is 17.2 Å². The molecule has 0 unspecified atom stereocenters. The second-order valence-electron chi connectivity index (χ2n) is 5.59. The van der Waals surface area contributed by atoms with Crippen molar-refractivity contribution in [2.24, 2.45) is 0 Å². The molecule has 1 aliphatic heterocycles. The van der Waals surface area contributed by atoms with Crippen molar-refractivity contribution in [3.8, 4) is 0 Å². The Morgan fingerprint density at radius 3 is 2.38 bits per heavy atom. The molecule has 0 atom stereocenters. The van der Waals surface area contributed by atoms with Crippen LogP contribution in [0.4, 0.5) is 5.69 Å². The summed E-state index contributed by atoms with van der Waals surface area (Å²) in [6, 6.07) is 6.39. The van der Waals surface area contributed by atoms with E-state index in [2.05, 4.69) is 0 Å². The van der Waals surface area contributed by atoms with Gasteiger partial charge < -0.3 is 10.0 Å². The van der Waals surface area contributed by atoms with Gasteiger partial charge in [0.2, 0.25) is 0 Å². The van der Waals surface area contributed by atoms with Crippen LogP contribution in [0.1, 0.15) is 25.8 Å². The third-order valence-corrected chi connectivity index (χ3v) is 3.47. The van der Waals surface area contributed by atoms with Crippen LogP contribution in [0.5, 0.6) is 0 Å². The average Bonchev–Trinajstić information content (AvgIpc) is 2.46. The number of rotatable bonds is 3. The van der Waals surface area contributed by atoms with Crippen molar-refractivity contribution in [1.82, 2.24) is 4.90 Å². The highest BCUT2D eigenvalue weighted by atomic mass is 16.6. The summed E-state index contributed by atoms with van der Waals surface area (Å²) in [6.07, 6.45) is 2.59. The van der Waals surface area contributed by atoms with E-state index in [4.69, 9.17) is 0 Å². The van der Waals surface area contributed by atoms with Crippen LogP contribution in [-0.4, -0.2) is 39.5 Å². The van der Waals surface area contributed by atoms with Gasteiger partial charge in [0, 0.05) is 25.2 Å². The van der Waals surface area contributed by atoms with Crippen LogP contribution < -0.4 is 0 Å². The molecule has 0 spiro atoms. The zero-order chi connectivity index (χ0) is 15.6. The molecular weight excluding hydrogens is 272 g/mol. The number of nitro benzene ring substituents is 1. The summed E-state index contributed by atoms with van der Waals surface area (Å²) in [7, 11) is 0. The van der Waals surface area contributed by atoms with E-state index >= 15 is 0 Å². The number of aliphatic hydroxyl groups is 1. The molecule has 0 saturated heterocycles. The number of nitrogens with zero attached hydrogens (tertiary/aromatic N) is 2. The average molecular weight is 290 g/mol. The highest BCUT2D eigenvalue weighted by molar-refractivity contribution is 5.85. The highest BCUT2D eigenvalue weighted by Gasteiger charge is 2.30. The number of carbonyl (C=O) groups excluding carboxylic acids is 1. The van der Waals surface area contributed by atoms with Crippen LogP contribution in [-0.2, 0) is 4.79 Å². The molecule has 1 heterocycles. The quantitative estimate of drug-likeness (QED) is 0.681. The maximum absolute atomic E-state index is 12.0. The first-order chi connectivity index (χ1) is 9.79. The van der Waals surface area contributed by atoms with Gasteiger partial charge in [-0.25, -0.2) is 0 Å². The van der Waals surface area contributed by atoms with E-state index < -0.39 is 10.5 Å². The molecule has 1 amide bonds. The number of benzene rings is 1. The molecule has 1 aromatic carbocycles. The SMILES string of the molecule is CC(C)(O)C(=O)N1CC=C(c2ccc([N+](=O)[O-])cc2)CC1. The third kappa shape index (κ3) is 3.46. The van der Waals surface area contributed by atoms with Gasteiger partial charge in [-0.1, -0.05) is 6.08 Å². The monoisotopic (exact) mass is 290 g/mol. The number of amides is 1. The molecule has 112 valence electrons. The minimum Gasteiger partial charge on any atom is -0.381 e. The zero-order valence-corrected chi connectivity index (χ0v) is 12.1. The van der Waals surface area contributed by atoms with E-state index in [9.17, 15) is 20.0 Å². The van der Waals surface area contributed by atoms with Crippen molar-refractivity contribution in [1.29, 1.82) is 0 Å². The lowest BCUT2D eigenvalue weighted by atomic mass is 9.98. The fraction of sp³-hybridized carbons (Fsp3) is 0.400. The van der Waals surface area contributed by atoms with Gasteiger partial charge in [-0.05, 0) is 43.5 Å². The number of hydrogen-bond acceptors (Lipinski definition) is 4. The molecule has 0 saturated carbocycles. The standard InChI is InChI=1S/C15H18N2O4/c1-15(2,19)14(18)16-9-7-12(8-10-16)11-3-5-13(6-4-11)17(20)21/h3-7,19H,8-10H2,1-2H3. The number of hydrogen-bond donors (Lipinski definition) is 1. The zero-order valence-electron chi connectivity index (χ0n) is 12.1. The fourth-order valence-electron chi connectivity index (χ4n) is 2.30. The van der Waals surface area contributed by atoms with E-state index in [1.165, 1.54) is 26.0 Å². The van der Waals surface area contributed by atoms with Crippen molar-refractivity contribution < 1.29 is 14.8 Å². The summed E-state index contributed by atoms with van der Waals surface area (Å²) in [6.45, 7) is 3.93. The first kappa shape index (κ1) is 15.2. The molecule has 0 aliphatic carbocycles. The Morgan fingerprint density at radius 1 is 1.33 bits per heavy atom. The second-order valence-corrected chi connectivity index (χ2v) is 5.59. The maximum Gasteiger partial charge on any atom is 0.269 e. The molecule has 0 radical (unpaired) electrons. The molecular formula is C15H18N2O4. The van der Waals surface area contributed by atoms with Crippen LogP contribution in [0, 0.1) is 10.1 Å². The Balaban J connectivity index is 2.09. The fourth-order valence-corrected chi connectivity index (χ4v) is 2.30. The molecule has 6 heteroatoms. The summed E-state index contributed by atoms with van der Waals surface area (Å²) < 4.78 is 0. The summed E-state index contributed by atoms with van der Waals surface area (Å²) >= 11 is 0. The predicted molar refractivity (Wildman–Crippen MR) is 78.6 cm³/mol. The van der Waals surface area contributed by atoms with E-state index in [1.807, 2.05) is 6.08 Å². The van der Waals surface area contributed by atoms with Gasteiger partial charge in [0.25, 0.3) is 11.6 Å². The predicted octanol–water partition coefficient (Wildman–Crippen LogP) is 1.98. The molecule has 2 rings (SSSR count). The Labute approximate surface area is 122 Å². The first-order valence-corrected chi connectivity index (χ1v) is 6.74. The Morgan fingerprint density at radius 2 is 1.95 bits per heavy atom. The van der Waals surface area contributed by atoms with Crippen molar-refractivity contribution in [2.45, 2.75) is 25.9 Å². The minimum atomic E-state index is -1.36. The Hall–Kier alpha value is -2.21. The summed E-state index contributed by atoms with van der Waals surface area (Å²) in [5, 5.41) is 20.4. The van der Waals surface area contributed by atoms with Crippen molar-refractivity contribution in [3.63, 3.8) is 0 Å². The topological polar surface area (TPSA) is 83.7 Å². The molecule has 6 nitrogen and oxygen atoms in total. The molecule has 0 bridgehead atoms. The lowest BCUT2D eigenvalue weighted by Gasteiger charge is -2.31. The van der Waals surface area contributed by atoms with Crippen LogP contribution >= 0.6 is 0 Å². The Kier molecular flexibility index (Phi) is 4.09. The summed E-state index contributed by atoms with van der Waals surface area (Å²) in [4.78, 5) is 23.8. The second kappa shape index (κ2) is 5.65. The smallest absolute Gasteiger partial charge is 0.269 e. The van der Waals surface area contributed by atoms with Gasteiger partial charge in [0.15, 0.2) is 0 Å². The largest absolute Gasteiger partial charge is 0.381 e. The molecule has 21 heavy (non-hydrogen) atoms. The molecule has 0 fully saturated rings. The van der Waals surface area contributed by atoms with E-state index in [1.54, 1.807) is 17.0 Å². The van der Waals surface area contributed by atoms with E-state index in [0.29, 0.717) is 19.5 Å². The van der Waals surface area contributed by atoms with Gasteiger partial charge in [-0.2, -0.15) is 0 Å². The molecule has 0 aromatic heterocycles. The normalized spacial score (nSPS) is 15.6. The van der Waals surface area contributed by atoms with Crippen LogP contribution in [0.2, 0.25) is 0 Å². The maximum atomic E-state index is 12.0. The lowest BCUT2D eigenvalue weighted by Crippen LogP contribution is -2.46. The van der Waals surface area contributed by atoms with Crippen molar-refractivity contribution in [2.75, 3.05) is 13.1 Å². The van der Waals surface area contributed by atoms with Crippen LogP contribution in [0.25, 0.3) is 5.57 Å². The van der Waals surface area contributed by atoms with E-state index in [-0.39, 0.29) is 11.6 Å². The number of nitro groups is 1. The van der Waals surface area contributed by atoms with Crippen molar-refractivity contribution in [3.05, 3.63) is 46.0 Å². The first-order valence-electron chi connectivity index (χ1n) is 6.74. The van der Waals surface area contributed by atoms with Crippen LogP contribution in [0.15, 0.2) is 30.3 Å². The van der Waals surface area contributed by atoms with Gasteiger partial charge >= 0.3 is 0 Å². The van der Waals surface area contributed by atoms with Gasteiger partial charge in [-0.15, -0.1) is 0 Å². The van der Waals surface area contributed by atoms with Gasteiger partial charge in [0.1, 0.15) is 5.60 Å². The third-order valence-electron chi connectivity index (χ3n) is 3.47. The van der Waals surface area contributed by atoms with Gasteiger partial charge in [-0.3, -0.25) is 14.9 Å². The molecule has 1 N–H and O–H groups in total. The molecule has 1 aliphatic rings. The summed E-state index contributed by atoms with van der Waals surface area (Å²) in [5.74, 6) is -0.290. The van der Waals surface area contributed by atoms with Crippen LogP contribution in [0.3, 0.4) is 0 Å². The number of carbonyl (C=O) groups is 1. The lowest BCUT2D eigenvalue weighted by molar-refractivity contribution is -0.384.